The molecule has 2 fully saturated rings. The summed E-state index contributed by atoms with van der Waals surface area (Å²) in [4.78, 5) is 26.7. The van der Waals surface area contributed by atoms with Gasteiger partial charge < -0.3 is 15.0 Å². The predicted molar refractivity (Wildman–Crippen MR) is 131 cm³/mol. The second kappa shape index (κ2) is 10.5. The molecule has 0 aromatic heterocycles. The summed E-state index contributed by atoms with van der Waals surface area (Å²) >= 11 is 6.23. The van der Waals surface area contributed by atoms with E-state index in [2.05, 4.69) is 5.32 Å². The Labute approximate surface area is 217 Å². The van der Waals surface area contributed by atoms with Crippen LogP contribution in [0, 0.1) is 23.4 Å². The van der Waals surface area contributed by atoms with E-state index in [1.54, 1.807) is 4.90 Å². The zero-order valence-electron chi connectivity index (χ0n) is 20.1. The lowest BCUT2D eigenvalue weighted by molar-refractivity contribution is 0.0629. The van der Waals surface area contributed by atoms with Gasteiger partial charge in [0.25, 0.3) is 5.91 Å². The molecule has 2 aromatic rings. The summed E-state index contributed by atoms with van der Waals surface area (Å²) in [6, 6.07) is 4.28. The molecule has 3 atom stereocenters. The first-order valence-electron chi connectivity index (χ1n) is 11.8. The Hall–Kier alpha value is -2.79. The highest BCUT2D eigenvalue weighted by molar-refractivity contribution is 7.92. The maximum atomic E-state index is 13.6. The van der Waals surface area contributed by atoms with Crippen molar-refractivity contribution in [2.45, 2.75) is 61.8 Å². The van der Waals surface area contributed by atoms with E-state index in [4.69, 9.17) is 16.3 Å². The average molecular weight is 559 g/mol. The first-order valence-corrected chi connectivity index (χ1v) is 13.7. The van der Waals surface area contributed by atoms with Gasteiger partial charge in [-0.3, -0.25) is 4.79 Å². The molecule has 2 bridgehead atoms. The average Bonchev–Trinajstić information content (AvgIpc) is 3.09. The van der Waals surface area contributed by atoms with Gasteiger partial charge in [0.05, 0.1) is 21.8 Å². The fraction of sp³-hybridized carbons (Fsp3) is 0.440. The monoisotopic (exact) mass is 558 g/mol. The zero-order chi connectivity index (χ0) is 27.1. The van der Waals surface area contributed by atoms with Crippen molar-refractivity contribution in [2.24, 2.45) is 5.92 Å². The van der Waals surface area contributed by atoms with Crippen LogP contribution in [0.3, 0.4) is 0 Å². The molecule has 0 radical (unpaired) electrons. The standard InChI is InChI=1S/C25H26ClF3N2O5S/c1-13(2)12-36-25(33)31-16-4-5-17(31)11-18(10-16)37(34,35)22-7-14(3-6-19(22)26)24(32)30-15-8-20(27)23(29)21(28)9-15/h3,6-9,13,16-18H,4-5,10-12H2,1-2H3,(H,30,32)/t16-,17?,18-/m0/s1. The molecule has 0 spiro atoms. The minimum absolute atomic E-state index is 0.0819. The first kappa shape index (κ1) is 27.3. The second-order valence-corrected chi connectivity index (χ2v) is 12.4. The highest BCUT2D eigenvalue weighted by Crippen LogP contribution is 2.41. The summed E-state index contributed by atoms with van der Waals surface area (Å²) in [5.41, 5.74) is -0.458. The Morgan fingerprint density at radius 3 is 2.24 bits per heavy atom. The third kappa shape index (κ3) is 5.57. The molecule has 2 aliphatic heterocycles. The molecule has 0 aliphatic carbocycles. The molecule has 2 heterocycles. The summed E-state index contributed by atoms with van der Waals surface area (Å²) in [6.45, 7) is 4.13. The number of anilines is 1. The maximum absolute atomic E-state index is 13.6. The number of hydrogen-bond acceptors (Lipinski definition) is 5. The summed E-state index contributed by atoms with van der Waals surface area (Å²) in [5, 5.41) is 1.32. The van der Waals surface area contributed by atoms with Crippen LogP contribution in [-0.2, 0) is 14.6 Å². The summed E-state index contributed by atoms with van der Waals surface area (Å²) < 4.78 is 72.7. The van der Waals surface area contributed by atoms with E-state index in [1.165, 1.54) is 12.1 Å². The van der Waals surface area contributed by atoms with Gasteiger partial charge in [0, 0.05) is 35.5 Å². The molecule has 37 heavy (non-hydrogen) atoms. The normalized spacial score (nSPS) is 21.3. The van der Waals surface area contributed by atoms with Gasteiger partial charge in [0.1, 0.15) is 0 Å². The van der Waals surface area contributed by atoms with Gasteiger partial charge in [-0.1, -0.05) is 25.4 Å². The number of carbonyl (C=O) groups is 2. The quantitative estimate of drug-likeness (QED) is 0.468. The van der Waals surface area contributed by atoms with Gasteiger partial charge in [-0.25, -0.2) is 26.4 Å². The Kier molecular flexibility index (Phi) is 7.75. The van der Waals surface area contributed by atoms with Crippen molar-refractivity contribution >= 4 is 39.1 Å². The van der Waals surface area contributed by atoms with Crippen molar-refractivity contribution < 1.29 is 35.9 Å². The molecule has 200 valence electrons. The largest absolute Gasteiger partial charge is 0.449 e. The molecule has 2 amide bonds. The fourth-order valence-corrected chi connectivity index (χ4v) is 7.25. The van der Waals surface area contributed by atoms with Crippen LogP contribution in [-0.4, -0.2) is 49.3 Å². The van der Waals surface area contributed by atoms with E-state index in [-0.39, 0.29) is 58.6 Å². The Bertz CT molecular complexity index is 1300. The fourth-order valence-electron chi connectivity index (χ4n) is 4.86. The molecule has 2 aromatic carbocycles. The molecule has 7 nitrogen and oxygen atoms in total. The van der Waals surface area contributed by atoms with Crippen molar-refractivity contribution in [3.8, 4) is 0 Å². The number of benzene rings is 2. The van der Waals surface area contributed by atoms with Crippen molar-refractivity contribution in [2.75, 3.05) is 11.9 Å². The van der Waals surface area contributed by atoms with E-state index in [0.29, 0.717) is 25.0 Å². The SMILES string of the molecule is CC(C)COC(=O)N1C2CC[C@H]1C[C@H](S(=O)(=O)c1cc(C(=O)Nc3cc(F)c(F)c(F)c3)ccc1Cl)C2. The number of fused-ring (bicyclic) bond motifs is 2. The van der Waals surface area contributed by atoms with Crippen LogP contribution in [0.25, 0.3) is 0 Å². The van der Waals surface area contributed by atoms with Crippen molar-refractivity contribution in [1.82, 2.24) is 4.90 Å². The number of sulfone groups is 1. The van der Waals surface area contributed by atoms with Gasteiger partial charge >= 0.3 is 6.09 Å². The molecular weight excluding hydrogens is 533 g/mol. The minimum atomic E-state index is -4.00. The van der Waals surface area contributed by atoms with Crippen LogP contribution in [0.4, 0.5) is 23.7 Å². The van der Waals surface area contributed by atoms with E-state index >= 15 is 0 Å². The van der Waals surface area contributed by atoms with Gasteiger partial charge in [-0.2, -0.15) is 0 Å². The molecular formula is C25H26ClF3N2O5S. The number of nitrogens with one attached hydrogen (secondary N) is 1. The van der Waals surface area contributed by atoms with Gasteiger partial charge in [0.2, 0.25) is 0 Å². The number of ether oxygens (including phenoxy) is 1. The second-order valence-electron chi connectivity index (χ2n) is 9.75. The van der Waals surface area contributed by atoms with Crippen LogP contribution in [0.1, 0.15) is 49.9 Å². The van der Waals surface area contributed by atoms with Gasteiger partial charge in [0.15, 0.2) is 27.3 Å². The third-order valence-electron chi connectivity index (χ3n) is 6.62. The predicted octanol–water partition coefficient (Wildman–Crippen LogP) is 5.57. The minimum Gasteiger partial charge on any atom is -0.449 e. The lowest BCUT2D eigenvalue weighted by Gasteiger charge is -2.38. The molecule has 1 unspecified atom stereocenters. The van der Waals surface area contributed by atoms with Crippen LogP contribution < -0.4 is 5.32 Å². The summed E-state index contributed by atoms with van der Waals surface area (Å²) in [6.07, 6.45) is 1.29. The van der Waals surface area contributed by atoms with Crippen LogP contribution >= 0.6 is 11.6 Å². The van der Waals surface area contributed by atoms with E-state index in [1.807, 2.05) is 13.8 Å². The number of carbonyl (C=O) groups excluding carboxylic acids is 2. The number of rotatable bonds is 6. The van der Waals surface area contributed by atoms with Gasteiger partial charge in [-0.05, 0) is 49.8 Å². The first-order chi connectivity index (χ1) is 17.4. The Morgan fingerprint density at radius 2 is 1.68 bits per heavy atom. The zero-order valence-corrected chi connectivity index (χ0v) is 21.7. The molecule has 12 heteroatoms. The number of amides is 2. The molecule has 2 aliphatic rings. The lowest BCUT2D eigenvalue weighted by Crippen LogP contribution is -2.50. The molecule has 2 saturated heterocycles. The van der Waals surface area contributed by atoms with Crippen LogP contribution in [0.2, 0.25) is 5.02 Å². The number of hydrogen-bond donors (Lipinski definition) is 1. The highest BCUT2D eigenvalue weighted by Gasteiger charge is 2.48. The molecule has 1 N–H and O–H groups in total. The van der Waals surface area contributed by atoms with E-state index in [9.17, 15) is 31.2 Å². The van der Waals surface area contributed by atoms with Crippen molar-refractivity contribution in [3.05, 3.63) is 58.4 Å². The van der Waals surface area contributed by atoms with E-state index in [0.717, 1.165) is 6.07 Å². The van der Waals surface area contributed by atoms with Crippen LogP contribution in [0.15, 0.2) is 35.2 Å². The highest BCUT2D eigenvalue weighted by atomic mass is 35.5. The smallest absolute Gasteiger partial charge is 0.410 e. The summed E-state index contributed by atoms with van der Waals surface area (Å²) in [5.74, 6) is -5.33. The lowest BCUT2D eigenvalue weighted by atomic mass is 10.0. The Morgan fingerprint density at radius 1 is 1.08 bits per heavy atom. The van der Waals surface area contributed by atoms with E-state index < -0.39 is 44.5 Å². The topological polar surface area (TPSA) is 92.8 Å². The Balaban J connectivity index is 1.53. The molecule has 0 saturated carbocycles. The van der Waals surface area contributed by atoms with Gasteiger partial charge in [-0.15, -0.1) is 0 Å². The number of halogens is 4. The molecule has 4 rings (SSSR count). The number of piperidine rings is 1. The maximum Gasteiger partial charge on any atom is 0.410 e. The van der Waals surface area contributed by atoms with Crippen LogP contribution in [0.5, 0.6) is 0 Å². The number of nitrogens with zero attached hydrogens (tertiary/aromatic N) is 1. The third-order valence-corrected chi connectivity index (χ3v) is 9.28. The van der Waals surface area contributed by atoms with Crippen molar-refractivity contribution in [3.63, 3.8) is 0 Å². The summed E-state index contributed by atoms with van der Waals surface area (Å²) in [7, 11) is -4.00. The van der Waals surface area contributed by atoms with Crippen molar-refractivity contribution in [1.29, 1.82) is 0 Å².